The molecule has 0 unspecified atom stereocenters. The fourth-order valence-electron chi connectivity index (χ4n) is 2.74. The Bertz CT molecular complexity index is 949. The van der Waals surface area contributed by atoms with E-state index in [1.165, 1.54) is 0 Å². The number of carbonyl (C=O) groups excluding carboxylic acids is 3. The number of carbonyl (C=O) groups is 3. The lowest BCUT2D eigenvalue weighted by atomic mass is 10.1. The molecule has 0 heterocycles. The second-order valence-corrected chi connectivity index (χ2v) is 8.43. The van der Waals surface area contributed by atoms with Crippen molar-refractivity contribution >= 4 is 23.6 Å². The van der Waals surface area contributed by atoms with Gasteiger partial charge in [-0.3, -0.25) is 9.59 Å². The average Bonchev–Trinajstić information content (AvgIpc) is 2.70. The number of rotatable bonds is 8. The standard InChI is InChI=1S/C24H31N3O5/c1-16-6-11-20(17(2)12-16)31-15-22(29)27-19-9-7-18(8-10-19)13-25-21(28)14-26-23(30)32-24(3,4)5/h6-12H,13-15H2,1-5H3,(H,25,28)(H,26,30)(H,27,29). The summed E-state index contributed by atoms with van der Waals surface area (Å²) in [6.45, 7) is 9.20. The Balaban J connectivity index is 1.72. The van der Waals surface area contributed by atoms with Crippen LogP contribution < -0.4 is 20.7 Å². The molecule has 2 rings (SSSR count). The summed E-state index contributed by atoms with van der Waals surface area (Å²) >= 11 is 0. The number of anilines is 1. The van der Waals surface area contributed by atoms with E-state index in [9.17, 15) is 14.4 Å². The molecule has 0 spiro atoms. The summed E-state index contributed by atoms with van der Waals surface area (Å²) in [6.07, 6.45) is -0.644. The van der Waals surface area contributed by atoms with Gasteiger partial charge >= 0.3 is 6.09 Å². The van der Waals surface area contributed by atoms with E-state index >= 15 is 0 Å². The molecule has 0 aliphatic carbocycles. The minimum atomic E-state index is -0.644. The summed E-state index contributed by atoms with van der Waals surface area (Å²) in [7, 11) is 0. The van der Waals surface area contributed by atoms with E-state index in [-0.39, 0.29) is 25.0 Å². The van der Waals surface area contributed by atoms with Crippen LogP contribution in [0, 0.1) is 13.8 Å². The van der Waals surface area contributed by atoms with Crippen LogP contribution in [0.25, 0.3) is 0 Å². The first-order valence-corrected chi connectivity index (χ1v) is 10.3. The van der Waals surface area contributed by atoms with E-state index in [1.54, 1.807) is 45.0 Å². The first-order valence-electron chi connectivity index (χ1n) is 10.3. The Morgan fingerprint density at radius 1 is 0.906 bits per heavy atom. The van der Waals surface area contributed by atoms with Crippen molar-refractivity contribution in [2.75, 3.05) is 18.5 Å². The lowest BCUT2D eigenvalue weighted by molar-refractivity contribution is -0.120. The molecule has 8 nitrogen and oxygen atoms in total. The summed E-state index contributed by atoms with van der Waals surface area (Å²) in [5.41, 5.74) is 2.96. The average molecular weight is 442 g/mol. The molecule has 2 aromatic carbocycles. The van der Waals surface area contributed by atoms with Crippen LogP contribution >= 0.6 is 0 Å². The van der Waals surface area contributed by atoms with E-state index in [1.807, 2.05) is 32.0 Å². The van der Waals surface area contributed by atoms with Gasteiger partial charge in [-0.05, 0) is 63.9 Å². The summed E-state index contributed by atoms with van der Waals surface area (Å²) < 4.78 is 10.7. The fourth-order valence-corrected chi connectivity index (χ4v) is 2.74. The molecule has 0 aromatic heterocycles. The minimum absolute atomic E-state index is 0.0909. The number of hydrogen-bond donors (Lipinski definition) is 3. The highest BCUT2D eigenvalue weighted by Gasteiger charge is 2.16. The maximum absolute atomic E-state index is 12.1. The largest absolute Gasteiger partial charge is 0.483 e. The van der Waals surface area contributed by atoms with Crippen LogP contribution in [-0.4, -0.2) is 36.7 Å². The first kappa shape index (κ1) is 24.7. The molecule has 172 valence electrons. The van der Waals surface area contributed by atoms with Gasteiger partial charge < -0.3 is 25.4 Å². The second-order valence-electron chi connectivity index (χ2n) is 8.43. The van der Waals surface area contributed by atoms with Crippen molar-refractivity contribution in [2.24, 2.45) is 0 Å². The van der Waals surface area contributed by atoms with Gasteiger partial charge in [-0.1, -0.05) is 29.8 Å². The van der Waals surface area contributed by atoms with Gasteiger partial charge in [0.15, 0.2) is 6.61 Å². The van der Waals surface area contributed by atoms with E-state index in [2.05, 4.69) is 16.0 Å². The Labute approximate surface area is 188 Å². The van der Waals surface area contributed by atoms with Crippen LogP contribution in [0.3, 0.4) is 0 Å². The minimum Gasteiger partial charge on any atom is -0.483 e. The maximum Gasteiger partial charge on any atom is 0.408 e. The van der Waals surface area contributed by atoms with Crippen molar-refractivity contribution in [3.05, 3.63) is 59.2 Å². The Kier molecular flexibility index (Phi) is 8.63. The summed E-state index contributed by atoms with van der Waals surface area (Å²) in [5.74, 6) is 0.0778. The van der Waals surface area contributed by atoms with E-state index in [0.29, 0.717) is 18.0 Å². The number of amides is 3. The number of hydrogen-bond acceptors (Lipinski definition) is 5. The first-order chi connectivity index (χ1) is 15.0. The molecule has 0 bridgehead atoms. The van der Waals surface area contributed by atoms with Crippen molar-refractivity contribution in [3.63, 3.8) is 0 Å². The van der Waals surface area contributed by atoms with Crippen LogP contribution in [0.1, 0.15) is 37.5 Å². The third-order valence-corrected chi connectivity index (χ3v) is 4.21. The van der Waals surface area contributed by atoms with Crippen molar-refractivity contribution in [1.82, 2.24) is 10.6 Å². The number of ether oxygens (including phenoxy) is 2. The van der Waals surface area contributed by atoms with Crippen LogP contribution in [0.5, 0.6) is 5.75 Å². The Morgan fingerprint density at radius 2 is 1.59 bits per heavy atom. The summed E-state index contributed by atoms with van der Waals surface area (Å²) in [6, 6.07) is 12.9. The van der Waals surface area contributed by atoms with Gasteiger partial charge in [0.25, 0.3) is 5.91 Å². The monoisotopic (exact) mass is 441 g/mol. The van der Waals surface area contributed by atoms with Gasteiger partial charge in [-0.15, -0.1) is 0 Å². The van der Waals surface area contributed by atoms with Crippen molar-refractivity contribution < 1.29 is 23.9 Å². The molecular formula is C24H31N3O5. The third-order valence-electron chi connectivity index (χ3n) is 4.21. The fraction of sp³-hybridized carbons (Fsp3) is 0.375. The van der Waals surface area contributed by atoms with E-state index in [4.69, 9.17) is 9.47 Å². The molecule has 0 radical (unpaired) electrons. The van der Waals surface area contributed by atoms with E-state index < -0.39 is 11.7 Å². The molecule has 3 amide bonds. The molecule has 0 aliphatic heterocycles. The van der Waals surface area contributed by atoms with Crippen LogP contribution in [-0.2, 0) is 20.9 Å². The molecular weight excluding hydrogens is 410 g/mol. The maximum atomic E-state index is 12.1. The number of alkyl carbamates (subject to hydrolysis) is 1. The number of aryl methyl sites for hydroxylation is 2. The third kappa shape index (κ3) is 9.07. The molecule has 0 fully saturated rings. The Hall–Kier alpha value is -3.55. The molecule has 0 saturated heterocycles. The molecule has 0 atom stereocenters. The van der Waals surface area contributed by atoms with Crippen molar-refractivity contribution in [1.29, 1.82) is 0 Å². The van der Waals surface area contributed by atoms with Crippen LogP contribution in [0.2, 0.25) is 0 Å². The van der Waals surface area contributed by atoms with Gasteiger partial charge in [0.2, 0.25) is 5.91 Å². The molecule has 0 aliphatic rings. The SMILES string of the molecule is Cc1ccc(OCC(=O)Nc2ccc(CNC(=O)CNC(=O)OC(C)(C)C)cc2)c(C)c1. The highest BCUT2D eigenvalue weighted by atomic mass is 16.6. The molecule has 3 N–H and O–H groups in total. The second kappa shape index (κ2) is 11.2. The van der Waals surface area contributed by atoms with Gasteiger partial charge in [0, 0.05) is 12.2 Å². The highest BCUT2D eigenvalue weighted by molar-refractivity contribution is 5.91. The zero-order chi connectivity index (χ0) is 23.7. The quantitative estimate of drug-likeness (QED) is 0.582. The molecule has 32 heavy (non-hydrogen) atoms. The van der Waals surface area contributed by atoms with Crippen LogP contribution in [0.4, 0.5) is 10.5 Å². The van der Waals surface area contributed by atoms with Crippen LogP contribution in [0.15, 0.2) is 42.5 Å². The van der Waals surface area contributed by atoms with Crippen molar-refractivity contribution in [3.8, 4) is 5.75 Å². The molecule has 2 aromatic rings. The van der Waals surface area contributed by atoms with Gasteiger partial charge in [-0.25, -0.2) is 4.79 Å². The predicted molar refractivity (Wildman–Crippen MR) is 123 cm³/mol. The Morgan fingerprint density at radius 3 is 2.22 bits per heavy atom. The number of nitrogens with one attached hydrogen (secondary N) is 3. The molecule has 8 heteroatoms. The molecule has 0 saturated carbocycles. The zero-order valence-corrected chi connectivity index (χ0v) is 19.2. The number of benzene rings is 2. The zero-order valence-electron chi connectivity index (χ0n) is 19.2. The normalized spacial score (nSPS) is 10.8. The predicted octanol–water partition coefficient (Wildman–Crippen LogP) is 3.46. The van der Waals surface area contributed by atoms with Gasteiger partial charge in [0.05, 0.1) is 0 Å². The smallest absolute Gasteiger partial charge is 0.408 e. The van der Waals surface area contributed by atoms with Gasteiger partial charge in [-0.2, -0.15) is 0 Å². The summed E-state index contributed by atoms with van der Waals surface area (Å²) in [4.78, 5) is 35.6. The lowest BCUT2D eigenvalue weighted by Crippen LogP contribution is -2.39. The lowest BCUT2D eigenvalue weighted by Gasteiger charge is -2.19. The van der Waals surface area contributed by atoms with Crippen molar-refractivity contribution in [2.45, 2.75) is 46.8 Å². The highest BCUT2D eigenvalue weighted by Crippen LogP contribution is 2.18. The summed E-state index contributed by atoms with van der Waals surface area (Å²) in [5, 5.41) is 7.89. The topological polar surface area (TPSA) is 106 Å². The van der Waals surface area contributed by atoms with Gasteiger partial charge in [0.1, 0.15) is 17.9 Å². The van der Waals surface area contributed by atoms with E-state index in [0.717, 1.165) is 16.7 Å².